The highest BCUT2D eigenvalue weighted by Crippen LogP contribution is 2.26. The van der Waals surface area contributed by atoms with Crippen LogP contribution in [-0.2, 0) is 0 Å². The first-order valence-electron chi connectivity index (χ1n) is 5.27. The third-order valence-electron chi connectivity index (χ3n) is 2.65. The lowest BCUT2D eigenvalue weighted by Crippen LogP contribution is -2.12. The van der Waals surface area contributed by atoms with Crippen molar-refractivity contribution in [1.82, 2.24) is 4.98 Å². The highest BCUT2D eigenvalue weighted by molar-refractivity contribution is 5.49. The van der Waals surface area contributed by atoms with Crippen molar-refractivity contribution < 1.29 is 9.47 Å². The van der Waals surface area contributed by atoms with Gasteiger partial charge in [0.2, 0.25) is 11.8 Å². The summed E-state index contributed by atoms with van der Waals surface area (Å²) in [7, 11) is 1.55. The number of nitrogen functional groups attached to an aromatic ring is 1. The Kier molecular flexibility index (Phi) is 2.94. The van der Waals surface area contributed by atoms with E-state index in [1.165, 1.54) is 12.8 Å². The third-order valence-corrected chi connectivity index (χ3v) is 2.65. The van der Waals surface area contributed by atoms with Gasteiger partial charge in [-0.15, -0.1) is 0 Å². The number of rotatable bonds is 3. The van der Waals surface area contributed by atoms with Crippen LogP contribution in [0.2, 0.25) is 0 Å². The lowest BCUT2D eigenvalue weighted by Gasteiger charge is -2.13. The van der Waals surface area contributed by atoms with E-state index in [0.717, 1.165) is 12.8 Å². The van der Waals surface area contributed by atoms with E-state index in [4.69, 9.17) is 15.2 Å². The van der Waals surface area contributed by atoms with Gasteiger partial charge in [-0.3, -0.25) is 0 Å². The summed E-state index contributed by atoms with van der Waals surface area (Å²) in [6.07, 6.45) is 5.04. The van der Waals surface area contributed by atoms with E-state index in [0.29, 0.717) is 23.6 Å². The zero-order valence-electron chi connectivity index (χ0n) is 8.90. The lowest BCUT2D eigenvalue weighted by molar-refractivity contribution is 0.199. The maximum Gasteiger partial charge on any atom is 0.240 e. The number of nitrogens with zero attached hydrogens (tertiary/aromatic N) is 1. The monoisotopic (exact) mass is 208 g/mol. The van der Waals surface area contributed by atoms with E-state index in [1.807, 2.05) is 0 Å². The molecular formula is C11H16N2O2. The average molecular weight is 208 g/mol. The first-order valence-corrected chi connectivity index (χ1v) is 5.27. The smallest absolute Gasteiger partial charge is 0.240 e. The molecule has 4 heteroatoms. The van der Waals surface area contributed by atoms with Crippen molar-refractivity contribution in [3.05, 3.63) is 12.1 Å². The summed E-state index contributed by atoms with van der Waals surface area (Å²) in [5, 5.41) is 0. The summed E-state index contributed by atoms with van der Waals surface area (Å²) in [4.78, 5) is 4.18. The molecule has 1 aliphatic carbocycles. The van der Waals surface area contributed by atoms with Crippen molar-refractivity contribution in [2.24, 2.45) is 0 Å². The van der Waals surface area contributed by atoms with Crippen molar-refractivity contribution in [2.45, 2.75) is 31.8 Å². The second-order valence-electron chi connectivity index (χ2n) is 3.77. The predicted molar refractivity (Wildman–Crippen MR) is 58.1 cm³/mol. The molecule has 1 saturated carbocycles. The molecule has 0 saturated heterocycles. The molecule has 1 aromatic heterocycles. The van der Waals surface area contributed by atoms with Gasteiger partial charge in [0.15, 0.2) is 0 Å². The van der Waals surface area contributed by atoms with E-state index in [9.17, 15) is 0 Å². The van der Waals surface area contributed by atoms with Gasteiger partial charge in [-0.05, 0) is 31.7 Å². The lowest BCUT2D eigenvalue weighted by atomic mass is 10.3. The summed E-state index contributed by atoms with van der Waals surface area (Å²) in [6.45, 7) is 0. The molecule has 0 atom stereocenters. The Labute approximate surface area is 89.4 Å². The molecule has 2 N–H and O–H groups in total. The maximum absolute atomic E-state index is 5.73. The molecule has 0 aromatic carbocycles. The van der Waals surface area contributed by atoms with Crippen LogP contribution in [-0.4, -0.2) is 18.2 Å². The summed E-state index contributed by atoms with van der Waals surface area (Å²) in [6, 6.07) is 3.55. The molecule has 1 aliphatic rings. The Morgan fingerprint density at radius 2 is 2.07 bits per heavy atom. The minimum absolute atomic E-state index is 0.311. The van der Waals surface area contributed by atoms with Crippen LogP contribution in [0.15, 0.2) is 12.1 Å². The summed E-state index contributed by atoms with van der Waals surface area (Å²) in [5.41, 5.74) is 6.20. The maximum atomic E-state index is 5.73. The largest absolute Gasteiger partial charge is 0.479 e. The van der Waals surface area contributed by atoms with Crippen LogP contribution in [0, 0.1) is 0 Å². The minimum Gasteiger partial charge on any atom is -0.479 e. The fourth-order valence-electron chi connectivity index (χ4n) is 1.84. The molecule has 15 heavy (non-hydrogen) atoms. The van der Waals surface area contributed by atoms with Crippen LogP contribution in [0.1, 0.15) is 25.7 Å². The second kappa shape index (κ2) is 4.38. The quantitative estimate of drug-likeness (QED) is 0.825. The van der Waals surface area contributed by atoms with E-state index >= 15 is 0 Å². The first kappa shape index (κ1) is 10.1. The summed E-state index contributed by atoms with van der Waals surface area (Å²) < 4.78 is 10.8. The normalized spacial score (nSPS) is 16.6. The van der Waals surface area contributed by atoms with Gasteiger partial charge in [0.05, 0.1) is 12.8 Å². The molecule has 82 valence electrons. The highest BCUT2D eigenvalue weighted by Gasteiger charge is 2.17. The predicted octanol–water partition coefficient (Wildman–Crippen LogP) is 1.99. The number of pyridine rings is 1. The van der Waals surface area contributed by atoms with Gasteiger partial charge in [-0.1, -0.05) is 0 Å². The van der Waals surface area contributed by atoms with Gasteiger partial charge in [0, 0.05) is 6.07 Å². The van der Waals surface area contributed by atoms with E-state index in [2.05, 4.69) is 4.98 Å². The molecule has 1 heterocycles. The Hall–Kier alpha value is -1.45. The zero-order chi connectivity index (χ0) is 10.7. The van der Waals surface area contributed by atoms with E-state index in [-0.39, 0.29) is 0 Å². The Bertz CT molecular complexity index is 335. The highest BCUT2D eigenvalue weighted by atomic mass is 16.5. The molecule has 1 fully saturated rings. The van der Waals surface area contributed by atoms with Crippen LogP contribution in [0.25, 0.3) is 0 Å². The van der Waals surface area contributed by atoms with Crippen LogP contribution >= 0.6 is 0 Å². The minimum atomic E-state index is 0.311. The number of anilines is 1. The molecule has 1 aromatic rings. The molecule has 0 spiro atoms. The molecule has 0 unspecified atom stereocenters. The van der Waals surface area contributed by atoms with Gasteiger partial charge < -0.3 is 15.2 Å². The van der Waals surface area contributed by atoms with Crippen molar-refractivity contribution in [2.75, 3.05) is 12.8 Å². The Morgan fingerprint density at radius 1 is 1.33 bits per heavy atom. The first-order chi connectivity index (χ1) is 7.29. The van der Waals surface area contributed by atoms with Gasteiger partial charge in [0.25, 0.3) is 0 Å². The zero-order valence-corrected chi connectivity index (χ0v) is 8.90. The second-order valence-corrected chi connectivity index (χ2v) is 3.77. The summed E-state index contributed by atoms with van der Waals surface area (Å²) >= 11 is 0. The van der Waals surface area contributed by atoms with Crippen LogP contribution in [0.4, 0.5) is 5.69 Å². The Balaban J connectivity index is 2.07. The summed E-state index contributed by atoms with van der Waals surface area (Å²) in [5.74, 6) is 1.04. The van der Waals surface area contributed by atoms with Gasteiger partial charge in [0.1, 0.15) is 6.10 Å². The third kappa shape index (κ3) is 2.32. The van der Waals surface area contributed by atoms with Crippen LogP contribution in [0.3, 0.4) is 0 Å². The number of methoxy groups -OCH3 is 1. The van der Waals surface area contributed by atoms with Crippen molar-refractivity contribution >= 4 is 5.69 Å². The molecular weight excluding hydrogens is 192 g/mol. The van der Waals surface area contributed by atoms with Crippen molar-refractivity contribution in [3.63, 3.8) is 0 Å². The van der Waals surface area contributed by atoms with Gasteiger partial charge >= 0.3 is 0 Å². The van der Waals surface area contributed by atoms with Crippen molar-refractivity contribution in [1.29, 1.82) is 0 Å². The topological polar surface area (TPSA) is 57.4 Å². The fraction of sp³-hybridized carbons (Fsp3) is 0.545. The van der Waals surface area contributed by atoms with Crippen LogP contribution in [0.5, 0.6) is 11.8 Å². The van der Waals surface area contributed by atoms with Crippen LogP contribution < -0.4 is 15.2 Å². The number of aromatic nitrogens is 1. The standard InChI is InChI=1S/C11H16N2O2/c1-14-11-9(12)6-7-10(13-11)15-8-4-2-3-5-8/h6-8H,2-5,12H2,1H3. The number of ether oxygens (including phenoxy) is 2. The molecule has 2 rings (SSSR count). The van der Waals surface area contributed by atoms with Gasteiger partial charge in [-0.25, -0.2) is 0 Å². The Morgan fingerprint density at radius 3 is 2.73 bits per heavy atom. The number of hydrogen-bond acceptors (Lipinski definition) is 4. The average Bonchev–Trinajstić information content (AvgIpc) is 2.73. The van der Waals surface area contributed by atoms with E-state index in [1.54, 1.807) is 19.2 Å². The SMILES string of the molecule is COc1nc(OC2CCCC2)ccc1N. The van der Waals surface area contributed by atoms with E-state index < -0.39 is 0 Å². The number of nitrogens with two attached hydrogens (primary N) is 1. The fourth-order valence-corrected chi connectivity index (χ4v) is 1.84. The molecule has 0 amide bonds. The molecule has 0 radical (unpaired) electrons. The van der Waals surface area contributed by atoms with Gasteiger partial charge in [-0.2, -0.15) is 4.98 Å². The number of hydrogen-bond donors (Lipinski definition) is 1. The molecule has 0 bridgehead atoms. The molecule has 0 aliphatic heterocycles. The molecule has 4 nitrogen and oxygen atoms in total. The van der Waals surface area contributed by atoms with Crippen molar-refractivity contribution in [3.8, 4) is 11.8 Å².